The third-order valence-corrected chi connectivity index (χ3v) is 2.72. The molecule has 1 atom stereocenters. The van der Waals surface area contributed by atoms with E-state index >= 15 is 0 Å². The van der Waals surface area contributed by atoms with E-state index in [4.69, 9.17) is 5.26 Å². The van der Waals surface area contributed by atoms with E-state index in [2.05, 4.69) is 25.2 Å². The van der Waals surface area contributed by atoms with Gasteiger partial charge in [0.2, 0.25) is 0 Å². The van der Waals surface area contributed by atoms with Gasteiger partial charge in [0.1, 0.15) is 6.07 Å². The van der Waals surface area contributed by atoms with Gasteiger partial charge in [0, 0.05) is 6.04 Å². The minimum Gasteiger partial charge on any atom is -0.394 e. The van der Waals surface area contributed by atoms with Crippen molar-refractivity contribution in [2.75, 3.05) is 11.9 Å². The van der Waals surface area contributed by atoms with Crippen LogP contribution in [0, 0.1) is 24.2 Å². The summed E-state index contributed by atoms with van der Waals surface area (Å²) >= 11 is 0. The summed E-state index contributed by atoms with van der Waals surface area (Å²) in [5.41, 5.74) is 2.51. The summed E-state index contributed by atoms with van der Waals surface area (Å²) < 4.78 is 0. The standard InChI is InChI=1S/C14H20N2O/c1-10(2)7-13(9-17)16-14-11(3)5-4-6-12(14)8-15/h4-6,10,13,16-17H,7,9H2,1-3H3. The molecule has 17 heavy (non-hydrogen) atoms. The van der Waals surface area contributed by atoms with Gasteiger partial charge in [-0.3, -0.25) is 0 Å². The maximum atomic E-state index is 9.35. The molecule has 1 unspecified atom stereocenters. The molecule has 0 aliphatic carbocycles. The molecule has 0 saturated carbocycles. The maximum absolute atomic E-state index is 9.35. The normalized spacial score (nSPS) is 12.2. The first-order valence-electron chi connectivity index (χ1n) is 5.95. The lowest BCUT2D eigenvalue weighted by Gasteiger charge is -2.21. The molecule has 3 heteroatoms. The molecule has 2 N–H and O–H groups in total. The zero-order valence-electron chi connectivity index (χ0n) is 10.7. The Bertz CT molecular complexity index is 407. The molecule has 0 heterocycles. The number of nitriles is 1. The molecule has 0 aliphatic rings. The van der Waals surface area contributed by atoms with Crippen molar-refractivity contribution in [3.8, 4) is 6.07 Å². The second-order valence-corrected chi connectivity index (χ2v) is 4.76. The van der Waals surface area contributed by atoms with Crippen LogP contribution in [0.25, 0.3) is 0 Å². The van der Waals surface area contributed by atoms with E-state index in [1.165, 1.54) is 0 Å². The fourth-order valence-electron chi connectivity index (χ4n) is 1.90. The second-order valence-electron chi connectivity index (χ2n) is 4.76. The number of aliphatic hydroxyl groups is 1. The van der Waals surface area contributed by atoms with Crippen LogP contribution in [0.4, 0.5) is 5.69 Å². The molecule has 3 nitrogen and oxygen atoms in total. The van der Waals surface area contributed by atoms with Gasteiger partial charge in [-0.1, -0.05) is 26.0 Å². The topological polar surface area (TPSA) is 56.0 Å². The largest absolute Gasteiger partial charge is 0.394 e. The fourth-order valence-corrected chi connectivity index (χ4v) is 1.90. The summed E-state index contributed by atoms with van der Waals surface area (Å²) in [6.07, 6.45) is 0.885. The van der Waals surface area contributed by atoms with Gasteiger partial charge in [0.05, 0.1) is 17.9 Å². The van der Waals surface area contributed by atoms with Crippen molar-refractivity contribution in [2.24, 2.45) is 5.92 Å². The first-order valence-corrected chi connectivity index (χ1v) is 5.95. The molecule has 0 fully saturated rings. The van der Waals surface area contributed by atoms with E-state index in [1.54, 1.807) is 6.07 Å². The van der Waals surface area contributed by atoms with Crippen LogP contribution in [-0.4, -0.2) is 17.8 Å². The predicted molar refractivity (Wildman–Crippen MR) is 69.8 cm³/mol. The van der Waals surface area contributed by atoms with Crippen molar-refractivity contribution in [3.63, 3.8) is 0 Å². The molecule has 0 amide bonds. The molecule has 92 valence electrons. The number of para-hydroxylation sites is 1. The van der Waals surface area contributed by atoms with Gasteiger partial charge < -0.3 is 10.4 Å². The summed E-state index contributed by atoms with van der Waals surface area (Å²) in [5.74, 6) is 0.509. The van der Waals surface area contributed by atoms with Crippen LogP contribution in [0.5, 0.6) is 0 Å². The highest BCUT2D eigenvalue weighted by Crippen LogP contribution is 2.22. The van der Waals surface area contributed by atoms with Crippen LogP contribution in [-0.2, 0) is 0 Å². The Labute approximate surface area is 103 Å². The summed E-state index contributed by atoms with van der Waals surface area (Å²) in [6, 6.07) is 7.80. The molecule has 0 spiro atoms. The molecule has 1 rings (SSSR count). The highest BCUT2D eigenvalue weighted by Gasteiger charge is 2.13. The number of rotatable bonds is 5. The predicted octanol–water partition coefficient (Wildman–Crippen LogP) is 2.69. The van der Waals surface area contributed by atoms with E-state index in [-0.39, 0.29) is 12.6 Å². The Balaban J connectivity index is 2.89. The molecule has 0 bridgehead atoms. The molecule has 0 aliphatic heterocycles. The van der Waals surface area contributed by atoms with Crippen LogP contribution >= 0.6 is 0 Å². The first-order chi connectivity index (χ1) is 8.08. The van der Waals surface area contributed by atoms with Crippen molar-refractivity contribution in [1.29, 1.82) is 5.26 Å². The van der Waals surface area contributed by atoms with Crippen molar-refractivity contribution in [2.45, 2.75) is 33.2 Å². The van der Waals surface area contributed by atoms with Crippen LogP contribution in [0.15, 0.2) is 18.2 Å². The van der Waals surface area contributed by atoms with E-state index in [1.807, 2.05) is 19.1 Å². The van der Waals surface area contributed by atoms with E-state index in [0.717, 1.165) is 17.7 Å². The Kier molecular flexibility index (Phi) is 4.99. The van der Waals surface area contributed by atoms with Crippen LogP contribution in [0.2, 0.25) is 0 Å². The number of benzene rings is 1. The molecule has 0 radical (unpaired) electrons. The average Bonchev–Trinajstić information content (AvgIpc) is 2.29. The highest BCUT2D eigenvalue weighted by molar-refractivity contribution is 5.62. The molecule has 1 aromatic carbocycles. The fraction of sp³-hybridized carbons (Fsp3) is 0.500. The quantitative estimate of drug-likeness (QED) is 0.820. The van der Waals surface area contributed by atoms with Gasteiger partial charge >= 0.3 is 0 Å². The number of aliphatic hydroxyl groups excluding tert-OH is 1. The van der Waals surface area contributed by atoms with Crippen molar-refractivity contribution >= 4 is 5.69 Å². The monoisotopic (exact) mass is 232 g/mol. The first kappa shape index (κ1) is 13.5. The van der Waals surface area contributed by atoms with Gasteiger partial charge in [-0.2, -0.15) is 5.26 Å². The number of hydrogen-bond acceptors (Lipinski definition) is 3. The Morgan fingerprint density at radius 2 is 2.12 bits per heavy atom. The molecule has 1 aromatic rings. The minimum absolute atomic E-state index is 0.00296. The third-order valence-electron chi connectivity index (χ3n) is 2.72. The van der Waals surface area contributed by atoms with E-state index < -0.39 is 0 Å². The van der Waals surface area contributed by atoms with Gasteiger partial charge in [-0.15, -0.1) is 0 Å². The van der Waals surface area contributed by atoms with Gasteiger partial charge in [-0.05, 0) is 30.9 Å². The van der Waals surface area contributed by atoms with Gasteiger partial charge in [0.25, 0.3) is 0 Å². The van der Waals surface area contributed by atoms with E-state index in [9.17, 15) is 5.11 Å². The second kappa shape index (κ2) is 6.27. The highest BCUT2D eigenvalue weighted by atomic mass is 16.3. The lowest BCUT2D eigenvalue weighted by atomic mass is 10.0. The lowest BCUT2D eigenvalue weighted by Crippen LogP contribution is -2.26. The van der Waals surface area contributed by atoms with Gasteiger partial charge in [0.15, 0.2) is 0 Å². The molecular formula is C14H20N2O. The maximum Gasteiger partial charge on any atom is 0.101 e. The smallest absolute Gasteiger partial charge is 0.101 e. The van der Waals surface area contributed by atoms with Crippen molar-refractivity contribution in [1.82, 2.24) is 0 Å². The van der Waals surface area contributed by atoms with Gasteiger partial charge in [-0.25, -0.2) is 0 Å². The zero-order valence-corrected chi connectivity index (χ0v) is 10.7. The Morgan fingerprint density at radius 1 is 1.41 bits per heavy atom. The minimum atomic E-state index is 0.00296. The summed E-state index contributed by atoms with van der Waals surface area (Å²) in [7, 11) is 0. The summed E-state index contributed by atoms with van der Waals surface area (Å²) in [6.45, 7) is 6.28. The summed E-state index contributed by atoms with van der Waals surface area (Å²) in [4.78, 5) is 0. The van der Waals surface area contributed by atoms with E-state index in [0.29, 0.717) is 11.5 Å². The molecule has 0 saturated heterocycles. The van der Waals surface area contributed by atoms with Crippen molar-refractivity contribution < 1.29 is 5.11 Å². The zero-order chi connectivity index (χ0) is 12.8. The number of hydrogen-bond donors (Lipinski definition) is 2. The number of nitrogens with one attached hydrogen (secondary N) is 1. The number of nitrogens with zero attached hydrogens (tertiary/aromatic N) is 1. The third kappa shape index (κ3) is 3.76. The number of aryl methyl sites for hydroxylation is 1. The van der Waals surface area contributed by atoms with Crippen LogP contribution < -0.4 is 5.32 Å². The van der Waals surface area contributed by atoms with Crippen molar-refractivity contribution in [3.05, 3.63) is 29.3 Å². The molecular weight excluding hydrogens is 212 g/mol. The SMILES string of the molecule is Cc1cccc(C#N)c1NC(CO)CC(C)C. The van der Waals surface area contributed by atoms with Crippen LogP contribution in [0.1, 0.15) is 31.4 Å². The molecule has 0 aromatic heterocycles. The average molecular weight is 232 g/mol. The summed E-state index contributed by atoms with van der Waals surface area (Å²) in [5, 5.41) is 21.7. The lowest BCUT2D eigenvalue weighted by molar-refractivity contribution is 0.259. The Morgan fingerprint density at radius 3 is 2.65 bits per heavy atom. The number of anilines is 1. The van der Waals surface area contributed by atoms with Crippen LogP contribution in [0.3, 0.4) is 0 Å². The Hall–Kier alpha value is -1.53.